The van der Waals surface area contributed by atoms with Crippen molar-refractivity contribution in [2.45, 2.75) is 42.6 Å². The number of methoxy groups -OCH3 is 1. The Morgan fingerprint density at radius 2 is 2.07 bits per heavy atom. The van der Waals surface area contributed by atoms with Crippen molar-refractivity contribution in [3.63, 3.8) is 0 Å². The van der Waals surface area contributed by atoms with E-state index in [0.29, 0.717) is 48.4 Å². The largest absolute Gasteiger partial charge is 0.469 e. The van der Waals surface area contributed by atoms with E-state index < -0.39 is 0 Å². The van der Waals surface area contributed by atoms with Crippen LogP contribution in [0.4, 0.5) is 0 Å². The lowest BCUT2D eigenvalue weighted by Gasteiger charge is -2.39. The van der Waals surface area contributed by atoms with Crippen LogP contribution < -0.4 is 0 Å². The highest BCUT2D eigenvalue weighted by atomic mass is 35.5. The van der Waals surface area contributed by atoms with Gasteiger partial charge in [-0.05, 0) is 37.6 Å². The molecule has 1 aromatic carbocycles. The van der Waals surface area contributed by atoms with Crippen LogP contribution in [0.15, 0.2) is 29.4 Å². The van der Waals surface area contributed by atoms with E-state index in [1.54, 1.807) is 0 Å². The van der Waals surface area contributed by atoms with Gasteiger partial charge >= 0.3 is 5.97 Å². The van der Waals surface area contributed by atoms with Crippen molar-refractivity contribution in [3.05, 3.63) is 40.7 Å². The van der Waals surface area contributed by atoms with Crippen molar-refractivity contribution < 1.29 is 14.3 Å². The van der Waals surface area contributed by atoms with Gasteiger partial charge < -0.3 is 4.74 Å². The molecule has 0 spiro atoms. The number of likely N-dealkylation sites (tertiary alicyclic amines) is 1. The highest BCUT2D eigenvalue weighted by Gasteiger charge is 2.44. The fourth-order valence-electron chi connectivity index (χ4n) is 4.04. The molecule has 0 N–H and O–H groups in total. The first kappa shape index (κ1) is 20.4. The summed E-state index contributed by atoms with van der Waals surface area (Å²) >= 11 is 7.98. The number of rotatable bonds is 5. The molecule has 1 fully saturated rings. The number of thioether (sulfide) groups is 1. The van der Waals surface area contributed by atoms with Crippen LogP contribution in [-0.4, -0.2) is 57.0 Å². The molecule has 1 saturated heterocycles. The third kappa shape index (κ3) is 3.81. The summed E-state index contributed by atoms with van der Waals surface area (Å²) in [5.74, 6) is 0.339. The summed E-state index contributed by atoms with van der Waals surface area (Å²) in [4.78, 5) is 31.9. The molecule has 7 nitrogen and oxygen atoms in total. The van der Waals surface area contributed by atoms with Gasteiger partial charge in [-0.1, -0.05) is 48.5 Å². The van der Waals surface area contributed by atoms with E-state index in [2.05, 4.69) is 15.0 Å². The van der Waals surface area contributed by atoms with Gasteiger partial charge in [0.15, 0.2) is 11.0 Å². The quantitative estimate of drug-likeness (QED) is 0.668. The molecular formula is C20H23ClN4O3S. The van der Waals surface area contributed by atoms with Crippen LogP contribution in [0.25, 0.3) is 0 Å². The first-order chi connectivity index (χ1) is 14.0. The number of nitrogens with zero attached hydrogens (tertiary/aromatic N) is 4. The molecule has 9 heteroatoms. The van der Waals surface area contributed by atoms with Crippen molar-refractivity contribution in [1.82, 2.24) is 19.7 Å². The van der Waals surface area contributed by atoms with E-state index >= 15 is 0 Å². The van der Waals surface area contributed by atoms with Gasteiger partial charge in [-0.2, -0.15) is 4.68 Å². The number of piperidine rings is 1. The maximum absolute atomic E-state index is 13.2. The highest BCUT2D eigenvalue weighted by molar-refractivity contribution is 8.00. The lowest BCUT2D eigenvalue weighted by molar-refractivity contribution is -0.147. The molecule has 2 atom stereocenters. The van der Waals surface area contributed by atoms with Gasteiger partial charge in [-0.25, -0.2) is 4.98 Å². The Labute approximate surface area is 178 Å². The Balaban J connectivity index is 1.62. The second kappa shape index (κ2) is 8.45. The Bertz CT molecular complexity index is 926. The number of hydrogen-bond donors (Lipinski definition) is 0. The molecule has 2 unspecified atom stereocenters. The van der Waals surface area contributed by atoms with E-state index in [1.807, 2.05) is 31.2 Å². The van der Waals surface area contributed by atoms with Gasteiger partial charge in [-0.15, -0.1) is 5.10 Å². The van der Waals surface area contributed by atoms with Gasteiger partial charge in [-0.3, -0.25) is 14.5 Å². The highest BCUT2D eigenvalue weighted by Crippen LogP contribution is 2.43. The molecule has 3 heterocycles. The number of ether oxygens (including phenoxy) is 1. The molecule has 29 heavy (non-hydrogen) atoms. The zero-order valence-corrected chi connectivity index (χ0v) is 17.9. The molecule has 2 aliphatic heterocycles. The lowest BCUT2D eigenvalue weighted by Crippen LogP contribution is -2.44. The first-order valence-electron chi connectivity index (χ1n) is 9.76. The Kier molecular flexibility index (Phi) is 5.94. The minimum absolute atomic E-state index is 0.0720. The van der Waals surface area contributed by atoms with Gasteiger partial charge in [0.05, 0.1) is 19.1 Å². The van der Waals surface area contributed by atoms with Crippen LogP contribution in [0.3, 0.4) is 0 Å². The fraction of sp³-hybridized carbons (Fsp3) is 0.500. The number of carbonyl (C=O) groups is 2. The van der Waals surface area contributed by atoms with Gasteiger partial charge in [0.1, 0.15) is 5.25 Å². The third-order valence-electron chi connectivity index (χ3n) is 5.59. The monoisotopic (exact) mass is 434 g/mol. The molecule has 154 valence electrons. The van der Waals surface area contributed by atoms with Crippen LogP contribution in [0.5, 0.6) is 0 Å². The topological polar surface area (TPSA) is 77.3 Å². The predicted molar refractivity (Wildman–Crippen MR) is 110 cm³/mol. The number of halogens is 1. The average Bonchev–Trinajstić information content (AvgIpc) is 3.29. The smallest absolute Gasteiger partial charge is 0.308 e. The molecule has 2 aromatic rings. The van der Waals surface area contributed by atoms with E-state index in [4.69, 9.17) is 16.3 Å². The predicted octanol–water partition coefficient (Wildman–Crippen LogP) is 3.23. The lowest BCUT2D eigenvalue weighted by atomic mass is 9.93. The van der Waals surface area contributed by atoms with E-state index in [-0.39, 0.29) is 29.1 Å². The van der Waals surface area contributed by atoms with Crippen molar-refractivity contribution in [1.29, 1.82) is 0 Å². The first-order valence-corrected chi connectivity index (χ1v) is 11.0. The number of aromatic nitrogens is 3. The standard InChI is InChI=1S/C20H23ClN4O3S/c1-3-15-22-20-25(23-15)18(26)17(29-20)16(13-6-4-5-7-14(13)21)24-10-8-12(9-11-24)19(27)28-2/h4-7,12,16-17H,3,8-11H2,1-2H3. The summed E-state index contributed by atoms with van der Waals surface area (Å²) < 4.78 is 6.33. The summed E-state index contributed by atoms with van der Waals surface area (Å²) in [7, 11) is 1.42. The average molecular weight is 435 g/mol. The van der Waals surface area contributed by atoms with Crippen LogP contribution >= 0.6 is 23.4 Å². The number of hydrogen-bond acceptors (Lipinski definition) is 7. The summed E-state index contributed by atoms with van der Waals surface area (Å²) in [6, 6.07) is 7.43. The van der Waals surface area contributed by atoms with E-state index in [1.165, 1.54) is 23.6 Å². The number of benzene rings is 1. The zero-order chi connectivity index (χ0) is 20.5. The van der Waals surface area contributed by atoms with Crippen LogP contribution in [-0.2, 0) is 16.0 Å². The summed E-state index contributed by atoms with van der Waals surface area (Å²) in [6.07, 6.45) is 2.08. The maximum Gasteiger partial charge on any atom is 0.308 e. The molecule has 4 rings (SSSR count). The van der Waals surface area contributed by atoms with Crippen molar-refractivity contribution in [2.24, 2.45) is 5.92 Å². The normalized spacial score (nSPS) is 21.2. The molecule has 0 aliphatic carbocycles. The van der Waals surface area contributed by atoms with Crippen LogP contribution in [0.1, 0.15) is 42.0 Å². The van der Waals surface area contributed by atoms with Crippen molar-refractivity contribution in [3.8, 4) is 0 Å². The SMILES string of the molecule is CCc1nc2n(n1)C(=O)C(C(c1ccccc1Cl)N1CCC(C(=O)OC)CC1)S2. The number of fused-ring (bicyclic) bond motifs is 1. The molecule has 0 radical (unpaired) electrons. The summed E-state index contributed by atoms with van der Waals surface area (Å²) in [5, 5.41) is 5.24. The maximum atomic E-state index is 13.2. The number of aryl methyl sites for hydroxylation is 1. The zero-order valence-electron chi connectivity index (χ0n) is 16.4. The fourth-order valence-corrected chi connectivity index (χ4v) is 5.55. The minimum atomic E-state index is -0.384. The molecule has 0 bridgehead atoms. The Hall–Kier alpha value is -1.90. The number of carbonyl (C=O) groups excluding carboxylic acids is 2. The summed E-state index contributed by atoms with van der Waals surface area (Å²) in [6.45, 7) is 3.35. The Morgan fingerprint density at radius 1 is 1.34 bits per heavy atom. The third-order valence-corrected chi connectivity index (χ3v) is 7.12. The molecule has 2 aliphatic rings. The Morgan fingerprint density at radius 3 is 2.69 bits per heavy atom. The van der Waals surface area contributed by atoms with Gasteiger partial charge in [0.25, 0.3) is 5.91 Å². The van der Waals surface area contributed by atoms with Crippen molar-refractivity contribution in [2.75, 3.05) is 20.2 Å². The van der Waals surface area contributed by atoms with Crippen LogP contribution in [0, 0.1) is 5.92 Å². The van der Waals surface area contributed by atoms with Gasteiger partial charge in [0, 0.05) is 11.4 Å². The minimum Gasteiger partial charge on any atom is -0.469 e. The molecule has 0 saturated carbocycles. The number of esters is 1. The molecule has 1 aromatic heterocycles. The van der Waals surface area contributed by atoms with Gasteiger partial charge in [0.2, 0.25) is 0 Å². The van der Waals surface area contributed by atoms with Crippen LogP contribution in [0.2, 0.25) is 5.02 Å². The summed E-state index contributed by atoms with van der Waals surface area (Å²) in [5.41, 5.74) is 0.915. The molecule has 0 amide bonds. The van der Waals surface area contributed by atoms with E-state index in [9.17, 15) is 9.59 Å². The second-order valence-corrected chi connectivity index (χ2v) is 8.77. The van der Waals surface area contributed by atoms with E-state index in [0.717, 1.165) is 5.56 Å². The second-order valence-electron chi connectivity index (χ2n) is 7.25. The molecular weight excluding hydrogens is 412 g/mol. The van der Waals surface area contributed by atoms with Crippen molar-refractivity contribution >= 4 is 35.2 Å².